The Balaban J connectivity index is 0.000000141. The van der Waals surface area contributed by atoms with E-state index in [0.717, 1.165) is 52.6 Å². The molecule has 0 saturated heterocycles. The fourth-order valence-corrected chi connectivity index (χ4v) is 12.2. The van der Waals surface area contributed by atoms with Gasteiger partial charge in [-0.05, 0) is 102 Å². The highest BCUT2D eigenvalue weighted by Gasteiger charge is 2.59. The number of nitrogen functional groups attached to an aromatic ring is 3. The molecule has 6 amide bonds. The van der Waals surface area contributed by atoms with Gasteiger partial charge in [0.05, 0.1) is 45.9 Å². The third-order valence-corrected chi connectivity index (χ3v) is 18.8. The number of anilines is 6. The number of hydrogen-bond donors (Lipinski definition) is 9. The number of nitrogens with zero attached hydrogens (tertiary/aromatic N) is 14. The zero-order valence-electron chi connectivity index (χ0n) is 55.1. The largest absolute Gasteiger partial charge is 0.453 e. The molecule has 3 saturated carbocycles. The van der Waals surface area contributed by atoms with Crippen LogP contribution in [0.2, 0.25) is 5.02 Å². The lowest BCUT2D eigenvalue weighted by atomic mass is 9.83. The van der Waals surface area contributed by atoms with Gasteiger partial charge in [-0.2, -0.15) is 72.4 Å². The standard InChI is InChI=1S/C22H19ClF5N7O2.C21H19F5N8O2.C20H19F3N8O2/c1-20(18(36)30-10-3-4-10)13-15(29)31-17(32-16(13)33-19(20)37)14-11-5-2-9(23)8-12(11)35(34-14)7-6-21(24,25)22(26,27)28;1-19(17(35)29-9-4-5-9)11-13(27)30-15(31-14(11)32-18(19)36)12-10-3-2-7-28-16(10)34(33-12)8-6-20(22,23)21(24,25)26;1-19(17(32)26-9-4-5-9)11-13(24)27-15(28-14(11)29-18(19)33)12-10-3-2-7-25-16(10)31(30-12)8-6-20(21,22)23/h2,5,8,10H,3-4,6-7H2,1H3,(H,30,36)(H3,29,31,32,33,37);2-3,7,9H,4-6,8H2,1H3,(H,29,35)(H3,27,30,31,32,36);2-3,7,9H,4-6,8H2,1H3,(H,26,32)(H3,24,27,28,29,33). The van der Waals surface area contributed by atoms with E-state index >= 15 is 0 Å². The highest BCUT2D eigenvalue weighted by Crippen LogP contribution is 2.47. The summed E-state index contributed by atoms with van der Waals surface area (Å²) in [6, 6.07) is 10.6. The first-order chi connectivity index (χ1) is 49.6. The number of fused-ring (bicyclic) bond motifs is 6. The van der Waals surface area contributed by atoms with Crippen LogP contribution in [0.4, 0.5) is 92.0 Å². The molecule has 9 aromatic rings. The maximum Gasteiger partial charge on any atom is 0.453 e. The fourth-order valence-electron chi connectivity index (χ4n) is 12.0. The molecule has 6 aliphatic rings. The van der Waals surface area contributed by atoms with E-state index in [-0.39, 0.29) is 131 Å². The third kappa shape index (κ3) is 13.3. The lowest BCUT2D eigenvalue weighted by molar-refractivity contribution is -0.285. The van der Waals surface area contributed by atoms with Crippen LogP contribution in [0.1, 0.15) is 95.2 Å². The number of halogens is 14. The Morgan fingerprint density at radius 1 is 0.491 bits per heavy atom. The van der Waals surface area contributed by atoms with Gasteiger partial charge in [0.15, 0.2) is 45.0 Å². The average molecular weight is 1510 g/mol. The van der Waals surface area contributed by atoms with Crippen LogP contribution in [-0.4, -0.2) is 153 Å². The molecule has 0 spiro atoms. The number of rotatable bonds is 17. The van der Waals surface area contributed by atoms with Crippen LogP contribution in [0.25, 0.3) is 67.5 Å². The van der Waals surface area contributed by atoms with Crippen molar-refractivity contribution in [1.29, 1.82) is 0 Å². The van der Waals surface area contributed by atoms with E-state index in [1.807, 2.05) is 0 Å². The van der Waals surface area contributed by atoms with Crippen LogP contribution in [0.3, 0.4) is 0 Å². The van der Waals surface area contributed by atoms with Crippen LogP contribution in [0, 0.1) is 0 Å². The van der Waals surface area contributed by atoms with E-state index in [1.54, 1.807) is 12.1 Å². The molecule has 3 aliphatic heterocycles. The Morgan fingerprint density at radius 3 is 1.16 bits per heavy atom. The Hall–Kier alpha value is -11.2. The second kappa shape index (κ2) is 25.8. The zero-order valence-corrected chi connectivity index (χ0v) is 55.9. The summed E-state index contributed by atoms with van der Waals surface area (Å²) in [5.41, 5.74) is 14.5. The summed E-state index contributed by atoms with van der Waals surface area (Å²) in [6.07, 6.45) is -12.3. The summed E-state index contributed by atoms with van der Waals surface area (Å²) in [7, 11) is 0. The van der Waals surface area contributed by atoms with Crippen LogP contribution in [0.5, 0.6) is 0 Å². The summed E-state index contributed by atoms with van der Waals surface area (Å²) >= 11 is 6.02. The smallest absolute Gasteiger partial charge is 0.383 e. The molecule has 8 aromatic heterocycles. The van der Waals surface area contributed by atoms with E-state index in [2.05, 4.69) is 87.1 Å². The summed E-state index contributed by atoms with van der Waals surface area (Å²) in [5, 5.41) is 29.7. The number of pyridine rings is 2. The Morgan fingerprint density at radius 2 is 0.821 bits per heavy atom. The van der Waals surface area contributed by atoms with Crippen molar-refractivity contribution >= 4 is 115 Å². The summed E-state index contributed by atoms with van der Waals surface area (Å²) < 4.78 is 171. The van der Waals surface area contributed by atoms with Crippen LogP contribution >= 0.6 is 11.6 Å². The molecular formula is C63H57ClF13N23O6. The molecule has 0 bridgehead atoms. The Labute approximate surface area is 591 Å². The topological polar surface area (TPSA) is 409 Å². The van der Waals surface area contributed by atoms with E-state index in [9.17, 15) is 85.8 Å². The van der Waals surface area contributed by atoms with Gasteiger partial charge in [-0.15, -0.1) is 0 Å². The first-order valence-electron chi connectivity index (χ1n) is 32.3. The number of aryl methyl sites for hydroxylation is 3. The minimum Gasteiger partial charge on any atom is -0.383 e. The van der Waals surface area contributed by atoms with Crippen LogP contribution < -0.4 is 49.1 Å². The first-order valence-corrected chi connectivity index (χ1v) is 32.7. The maximum absolute atomic E-state index is 13.6. The predicted octanol–water partition coefficient (Wildman–Crippen LogP) is 8.26. The average Bonchev–Trinajstić information content (AvgIpc) is 1.58. The molecular weight excluding hydrogens is 1460 g/mol. The zero-order chi connectivity index (χ0) is 76.5. The molecule has 11 heterocycles. The van der Waals surface area contributed by atoms with Gasteiger partial charge in [-0.25, -0.2) is 49.2 Å². The second-order valence-electron chi connectivity index (χ2n) is 26.3. The normalized spacial score (nSPS) is 19.9. The minimum atomic E-state index is -5.72. The molecule has 15 rings (SSSR count). The molecule has 3 aliphatic carbocycles. The number of benzene rings is 1. The summed E-state index contributed by atoms with van der Waals surface area (Å²) in [4.78, 5) is 111. The van der Waals surface area contributed by atoms with Gasteiger partial charge in [0.2, 0.25) is 35.4 Å². The lowest BCUT2D eigenvalue weighted by Gasteiger charge is -2.21. The molecule has 43 heteroatoms. The van der Waals surface area contributed by atoms with Gasteiger partial charge in [-0.1, -0.05) is 11.6 Å². The van der Waals surface area contributed by atoms with Crippen molar-refractivity contribution < 1.29 is 85.8 Å². The summed E-state index contributed by atoms with van der Waals surface area (Å²) in [6.45, 7) is 2.24. The Bertz CT molecular complexity index is 5150. The molecule has 0 radical (unpaired) electrons. The number of carbonyl (C=O) groups excluding carboxylic acids is 6. The van der Waals surface area contributed by atoms with Crippen LogP contribution in [0.15, 0.2) is 54.9 Å². The minimum absolute atomic E-state index is 0.00200. The number of aromatic nitrogens is 14. The van der Waals surface area contributed by atoms with Crippen molar-refractivity contribution in [2.75, 3.05) is 33.2 Å². The number of nitrogens with one attached hydrogen (secondary N) is 6. The number of carbonyl (C=O) groups is 6. The van der Waals surface area contributed by atoms with Gasteiger partial charge >= 0.3 is 30.4 Å². The van der Waals surface area contributed by atoms with E-state index in [1.165, 1.54) is 63.5 Å². The third-order valence-electron chi connectivity index (χ3n) is 18.5. The van der Waals surface area contributed by atoms with E-state index in [0.29, 0.717) is 10.8 Å². The van der Waals surface area contributed by atoms with Crippen molar-refractivity contribution in [2.24, 2.45) is 0 Å². The van der Waals surface area contributed by atoms with Crippen molar-refractivity contribution in [3.63, 3.8) is 0 Å². The molecule has 106 heavy (non-hydrogen) atoms. The van der Waals surface area contributed by atoms with E-state index < -0.39 is 121 Å². The van der Waals surface area contributed by atoms with Crippen molar-refractivity contribution in [1.82, 2.24) is 85.2 Å². The molecule has 12 N–H and O–H groups in total. The molecule has 558 valence electrons. The second-order valence-corrected chi connectivity index (χ2v) is 26.8. The van der Waals surface area contributed by atoms with Crippen molar-refractivity contribution in [3.8, 4) is 34.6 Å². The molecule has 29 nitrogen and oxygen atoms in total. The van der Waals surface area contributed by atoms with Gasteiger partial charge < -0.3 is 49.1 Å². The highest BCUT2D eigenvalue weighted by molar-refractivity contribution is 6.31. The number of alkyl halides is 13. The predicted molar refractivity (Wildman–Crippen MR) is 349 cm³/mol. The van der Waals surface area contributed by atoms with Gasteiger partial charge in [0, 0.05) is 66.9 Å². The molecule has 3 unspecified atom stereocenters. The molecule has 3 atom stereocenters. The number of hydrogen-bond acceptors (Lipinski definition) is 20. The monoisotopic (exact) mass is 1510 g/mol. The Kier molecular flexibility index (Phi) is 17.8. The lowest BCUT2D eigenvalue weighted by Crippen LogP contribution is -2.48. The van der Waals surface area contributed by atoms with Gasteiger partial charge in [0.1, 0.15) is 52.0 Å². The number of amides is 6. The SMILES string of the molecule is CC1(C(=O)NC2CC2)C(=O)Nc2nc(-c3nn(CCC(F)(F)C(F)(F)F)c4cc(Cl)ccc34)nc(N)c21.CC1(C(=O)NC2CC2)C(=O)Nc2nc(-c3nn(CCC(F)(F)C(F)(F)F)c4ncccc34)nc(N)c21.CC1(C(=O)NC2CC2)C(=O)Nc2nc(-c3nn(CCC(F)(F)F)c4ncccc34)nc(N)c21. The molecule has 1 aromatic carbocycles. The van der Waals surface area contributed by atoms with Crippen molar-refractivity contribution in [3.05, 3.63) is 76.6 Å². The van der Waals surface area contributed by atoms with Crippen molar-refractivity contribution in [2.45, 2.75) is 163 Å². The fraction of sp³-hybridized carbons (Fsp3) is 0.413. The quantitative estimate of drug-likeness (QED) is 0.0306. The highest BCUT2D eigenvalue weighted by atomic mass is 35.5. The van der Waals surface area contributed by atoms with Gasteiger partial charge in [-0.3, -0.25) is 33.4 Å². The maximum atomic E-state index is 13.6. The summed E-state index contributed by atoms with van der Waals surface area (Å²) in [5.74, 6) is -14.0. The van der Waals surface area contributed by atoms with E-state index in [4.69, 9.17) is 28.8 Å². The molecule has 3 fully saturated rings. The number of nitrogens with two attached hydrogens (primary N) is 3. The first kappa shape index (κ1) is 73.1. The van der Waals surface area contributed by atoms with Crippen LogP contribution in [-0.2, 0) is 64.6 Å². The van der Waals surface area contributed by atoms with Gasteiger partial charge in [0.25, 0.3) is 0 Å².